The summed E-state index contributed by atoms with van der Waals surface area (Å²) < 4.78 is 5.14. The van der Waals surface area contributed by atoms with Crippen LogP contribution in [0.25, 0.3) is 11.3 Å². The molecule has 1 amide bonds. The van der Waals surface area contributed by atoms with Gasteiger partial charge in [-0.25, -0.2) is 4.98 Å². The second kappa shape index (κ2) is 7.94. The van der Waals surface area contributed by atoms with Gasteiger partial charge < -0.3 is 10.1 Å². The van der Waals surface area contributed by atoms with Crippen LogP contribution in [0.15, 0.2) is 53.9 Å². The lowest BCUT2D eigenvalue weighted by Gasteiger charge is -2.07. The lowest BCUT2D eigenvalue weighted by atomic mass is 10.1. The SMILES string of the molecule is COc1ccc(CCC(=O)Nc2cccc(-c3csc(C)n3)c2)cc1. The topological polar surface area (TPSA) is 51.2 Å². The van der Waals surface area contributed by atoms with Crippen molar-refractivity contribution < 1.29 is 9.53 Å². The third-order valence-electron chi connectivity index (χ3n) is 3.86. The Balaban J connectivity index is 1.59. The predicted molar refractivity (Wildman–Crippen MR) is 102 cm³/mol. The summed E-state index contributed by atoms with van der Waals surface area (Å²) in [5, 5.41) is 6.02. The third kappa shape index (κ3) is 4.67. The number of amides is 1. The van der Waals surface area contributed by atoms with Gasteiger partial charge in [0.25, 0.3) is 0 Å². The Kier molecular flexibility index (Phi) is 5.46. The third-order valence-corrected chi connectivity index (χ3v) is 4.63. The van der Waals surface area contributed by atoms with E-state index in [1.54, 1.807) is 18.4 Å². The lowest BCUT2D eigenvalue weighted by molar-refractivity contribution is -0.116. The van der Waals surface area contributed by atoms with Crippen LogP contribution in [0.5, 0.6) is 5.75 Å². The van der Waals surface area contributed by atoms with E-state index in [0.717, 1.165) is 33.3 Å². The Morgan fingerprint density at radius 3 is 2.68 bits per heavy atom. The molecule has 0 aliphatic carbocycles. The number of ether oxygens (including phenoxy) is 1. The number of carbonyl (C=O) groups excluding carboxylic acids is 1. The molecule has 0 fully saturated rings. The maximum absolute atomic E-state index is 12.2. The van der Waals surface area contributed by atoms with E-state index in [9.17, 15) is 4.79 Å². The summed E-state index contributed by atoms with van der Waals surface area (Å²) in [6.07, 6.45) is 1.13. The largest absolute Gasteiger partial charge is 0.497 e. The van der Waals surface area contributed by atoms with Crippen LogP contribution in [0, 0.1) is 6.92 Å². The molecular weight excluding hydrogens is 332 g/mol. The number of rotatable bonds is 6. The highest BCUT2D eigenvalue weighted by molar-refractivity contribution is 7.09. The van der Waals surface area contributed by atoms with Crippen LogP contribution < -0.4 is 10.1 Å². The molecule has 5 heteroatoms. The fourth-order valence-corrected chi connectivity index (χ4v) is 3.15. The molecule has 0 radical (unpaired) electrons. The van der Waals surface area contributed by atoms with Gasteiger partial charge in [-0.15, -0.1) is 11.3 Å². The van der Waals surface area contributed by atoms with Gasteiger partial charge in [-0.05, 0) is 43.2 Å². The quantitative estimate of drug-likeness (QED) is 0.700. The Hall–Kier alpha value is -2.66. The van der Waals surface area contributed by atoms with Crippen LogP contribution in [0.2, 0.25) is 0 Å². The van der Waals surface area contributed by atoms with Gasteiger partial charge in [0.05, 0.1) is 17.8 Å². The number of methoxy groups -OCH3 is 1. The number of aromatic nitrogens is 1. The first-order valence-corrected chi connectivity index (χ1v) is 8.97. The van der Waals surface area contributed by atoms with Crippen LogP contribution >= 0.6 is 11.3 Å². The van der Waals surface area contributed by atoms with E-state index >= 15 is 0 Å². The highest BCUT2D eigenvalue weighted by Gasteiger charge is 2.06. The zero-order valence-corrected chi connectivity index (χ0v) is 15.1. The highest BCUT2D eigenvalue weighted by Crippen LogP contribution is 2.24. The predicted octanol–water partition coefficient (Wildman–Crippen LogP) is 4.70. The molecule has 0 aliphatic heterocycles. The van der Waals surface area contributed by atoms with Gasteiger partial charge in [0.15, 0.2) is 0 Å². The van der Waals surface area contributed by atoms with Crippen molar-refractivity contribution in [2.24, 2.45) is 0 Å². The van der Waals surface area contributed by atoms with E-state index in [1.165, 1.54) is 0 Å². The zero-order chi connectivity index (χ0) is 17.6. The Morgan fingerprint density at radius 1 is 1.20 bits per heavy atom. The number of nitrogens with zero attached hydrogens (tertiary/aromatic N) is 1. The molecule has 3 aromatic rings. The first kappa shape index (κ1) is 17.2. The van der Waals surface area contributed by atoms with Gasteiger partial charge in [0.1, 0.15) is 5.75 Å². The molecule has 0 bridgehead atoms. The fraction of sp³-hybridized carbons (Fsp3) is 0.200. The molecule has 0 atom stereocenters. The van der Waals surface area contributed by atoms with Crippen molar-refractivity contribution in [3.63, 3.8) is 0 Å². The van der Waals surface area contributed by atoms with E-state index in [-0.39, 0.29) is 5.91 Å². The number of nitrogens with one attached hydrogen (secondary N) is 1. The van der Waals surface area contributed by atoms with Crippen molar-refractivity contribution in [3.8, 4) is 17.0 Å². The van der Waals surface area contributed by atoms with Crippen molar-refractivity contribution in [2.75, 3.05) is 12.4 Å². The molecule has 2 aromatic carbocycles. The molecule has 0 spiro atoms. The number of hydrogen-bond donors (Lipinski definition) is 1. The van der Waals surface area contributed by atoms with Gasteiger partial charge in [0.2, 0.25) is 5.91 Å². The van der Waals surface area contributed by atoms with Gasteiger partial charge in [-0.1, -0.05) is 24.3 Å². The summed E-state index contributed by atoms with van der Waals surface area (Å²) in [5.74, 6) is 0.824. The van der Waals surface area contributed by atoms with Crippen LogP contribution in [-0.4, -0.2) is 18.0 Å². The van der Waals surface area contributed by atoms with Crippen LogP contribution in [0.4, 0.5) is 5.69 Å². The minimum Gasteiger partial charge on any atom is -0.497 e. The molecule has 1 aromatic heterocycles. The Labute approximate surface area is 151 Å². The first-order valence-electron chi connectivity index (χ1n) is 8.09. The number of hydrogen-bond acceptors (Lipinski definition) is 4. The van der Waals surface area contributed by atoms with Crippen molar-refractivity contribution in [1.82, 2.24) is 4.98 Å². The minimum atomic E-state index is 0.00225. The molecular formula is C20H20N2O2S. The second-order valence-electron chi connectivity index (χ2n) is 5.73. The molecule has 3 rings (SSSR count). The Bertz CT molecular complexity index is 856. The molecule has 1 heterocycles. The first-order chi connectivity index (χ1) is 12.1. The van der Waals surface area contributed by atoms with Crippen molar-refractivity contribution in [3.05, 3.63) is 64.5 Å². The number of carbonyl (C=O) groups is 1. The molecule has 0 saturated carbocycles. The summed E-state index contributed by atoms with van der Waals surface area (Å²) in [5.41, 5.74) is 3.86. The van der Waals surface area contributed by atoms with E-state index < -0.39 is 0 Å². The highest BCUT2D eigenvalue weighted by atomic mass is 32.1. The maximum atomic E-state index is 12.2. The number of thiazole rings is 1. The fourth-order valence-electron chi connectivity index (χ4n) is 2.53. The van der Waals surface area contributed by atoms with Crippen molar-refractivity contribution >= 4 is 22.9 Å². The monoisotopic (exact) mass is 352 g/mol. The molecule has 0 unspecified atom stereocenters. The summed E-state index contributed by atoms with van der Waals surface area (Å²) in [4.78, 5) is 16.7. The standard InChI is InChI=1S/C20H20N2O2S/c1-14-21-19(13-25-14)16-4-3-5-17(12-16)22-20(23)11-8-15-6-9-18(24-2)10-7-15/h3-7,9-10,12-13H,8,11H2,1-2H3,(H,22,23). The van der Waals surface area contributed by atoms with Gasteiger partial charge in [0, 0.05) is 23.1 Å². The van der Waals surface area contributed by atoms with E-state index in [1.807, 2.05) is 60.8 Å². The lowest BCUT2D eigenvalue weighted by Crippen LogP contribution is -2.12. The molecule has 25 heavy (non-hydrogen) atoms. The van der Waals surface area contributed by atoms with Crippen LogP contribution in [0.1, 0.15) is 17.0 Å². The molecule has 1 N–H and O–H groups in total. The second-order valence-corrected chi connectivity index (χ2v) is 6.79. The van der Waals surface area contributed by atoms with Crippen LogP contribution in [-0.2, 0) is 11.2 Å². The smallest absolute Gasteiger partial charge is 0.224 e. The van der Waals surface area contributed by atoms with Crippen molar-refractivity contribution in [2.45, 2.75) is 19.8 Å². The summed E-state index contributed by atoms with van der Waals surface area (Å²) >= 11 is 1.62. The van der Waals surface area contributed by atoms with E-state index in [4.69, 9.17) is 4.74 Å². The summed E-state index contributed by atoms with van der Waals surface area (Å²) in [7, 11) is 1.64. The van der Waals surface area contributed by atoms with Crippen LogP contribution in [0.3, 0.4) is 0 Å². The summed E-state index contributed by atoms with van der Waals surface area (Å²) in [6, 6.07) is 15.6. The molecule has 128 valence electrons. The molecule has 0 saturated heterocycles. The summed E-state index contributed by atoms with van der Waals surface area (Å²) in [6.45, 7) is 1.99. The minimum absolute atomic E-state index is 0.00225. The zero-order valence-electron chi connectivity index (χ0n) is 14.3. The number of aryl methyl sites for hydroxylation is 2. The van der Waals surface area contributed by atoms with E-state index in [2.05, 4.69) is 10.3 Å². The van der Waals surface area contributed by atoms with Crippen molar-refractivity contribution in [1.29, 1.82) is 0 Å². The van der Waals surface area contributed by atoms with E-state index in [0.29, 0.717) is 12.8 Å². The molecule has 4 nitrogen and oxygen atoms in total. The normalized spacial score (nSPS) is 10.5. The van der Waals surface area contributed by atoms with Gasteiger partial charge >= 0.3 is 0 Å². The van der Waals surface area contributed by atoms with Gasteiger partial charge in [-0.2, -0.15) is 0 Å². The number of benzene rings is 2. The maximum Gasteiger partial charge on any atom is 0.224 e. The average Bonchev–Trinajstić information content (AvgIpc) is 3.07. The Morgan fingerprint density at radius 2 is 2.00 bits per heavy atom. The molecule has 0 aliphatic rings. The van der Waals surface area contributed by atoms with Gasteiger partial charge in [-0.3, -0.25) is 4.79 Å². The number of anilines is 1. The average molecular weight is 352 g/mol.